The number of alkyl halides is 2. The van der Waals surface area contributed by atoms with Crippen molar-refractivity contribution in [2.75, 3.05) is 6.54 Å². The predicted molar refractivity (Wildman–Crippen MR) is 67.5 cm³/mol. The molecule has 1 saturated heterocycles. The van der Waals surface area contributed by atoms with Crippen LogP contribution in [0.1, 0.15) is 40.0 Å². The lowest BCUT2D eigenvalue weighted by molar-refractivity contribution is -0.149. The topological polar surface area (TPSA) is 63.4 Å². The zero-order valence-corrected chi connectivity index (χ0v) is 11.7. The molecular weight excluding hydrogens is 254 g/mol. The summed E-state index contributed by atoms with van der Waals surface area (Å²) in [4.78, 5) is 24.8. The van der Waals surface area contributed by atoms with Gasteiger partial charge in [-0.15, -0.1) is 0 Å². The first-order valence-electron chi connectivity index (χ1n) is 6.59. The second kappa shape index (κ2) is 5.84. The zero-order valence-electron chi connectivity index (χ0n) is 11.7. The number of carbonyl (C=O) groups excluding carboxylic acids is 2. The predicted octanol–water partition coefficient (Wildman–Crippen LogP) is 1.78. The molecule has 0 aromatic carbocycles. The van der Waals surface area contributed by atoms with Crippen LogP contribution in [0.2, 0.25) is 0 Å². The first kappa shape index (κ1) is 15.9. The minimum absolute atomic E-state index is 0.174. The monoisotopic (exact) mass is 276 g/mol. The number of hydrogen-bond donors (Lipinski definition) is 1. The Hall–Kier alpha value is -1.20. The molecule has 19 heavy (non-hydrogen) atoms. The molecule has 110 valence electrons. The largest absolute Gasteiger partial charge is 0.368 e. The zero-order chi connectivity index (χ0) is 14.8. The van der Waals surface area contributed by atoms with Gasteiger partial charge in [-0.05, 0) is 25.7 Å². The molecule has 2 amide bonds. The molecule has 1 aliphatic heterocycles. The molecule has 1 fully saturated rings. The molecule has 0 saturated carbocycles. The number of halogens is 2. The van der Waals surface area contributed by atoms with E-state index in [2.05, 4.69) is 0 Å². The fourth-order valence-electron chi connectivity index (χ4n) is 2.46. The van der Waals surface area contributed by atoms with Gasteiger partial charge in [-0.1, -0.05) is 13.8 Å². The highest BCUT2D eigenvalue weighted by Crippen LogP contribution is 2.34. The van der Waals surface area contributed by atoms with Gasteiger partial charge >= 0.3 is 0 Å². The molecule has 1 aliphatic rings. The summed E-state index contributed by atoms with van der Waals surface area (Å²) in [6.45, 7) is 4.86. The maximum atomic E-state index is 13.2. The van der Waals surface area contributed by atoms with Crippen molar-refractivity contribution >= 4 is 11.8 Å². The van der Waals surface area contributed by atoms with Gasteiger partial charge in [-0.3, -0.25) is 9.59 Å². The van der Waals surface area contributed by atoms with Crippen LogP contribution in [-0.4, -0.2) is 35.2 Å². The van der Waals surface area contributed by atoms with Crippen molar-refractivity contribution in [3.8, 4) is 0 Å². The number of piperidine rings is 1. The minimum atomic E-state index is -2.86. The minimum Gasteiger partial charge on any atom is -0.368 e. The molecule has 6 heteroatoms. The van der Waals surface area contributed by atoms with Crippen LogP contribution in [-0.2, 0) is 9.59 Å². The quantitative estimate of drug-likeness (QED) is 0.832. The van der Waals surface area contributed by atoms with Crippen LogP contribution in [0, 0.1) is 11.8 Å². The molecule has 4 nitrogen and oxygen atoms in total. The molecule has 1 heterocycles. The van der Waals surface area contributed by atoms with Crippen LogP contribution < -0.4 is 5.73 Å². The van der Waals surface area contributed by atoms with E-state index in [0.29, 0.717) is 6.42 Å². The van der Waals surface area contributed by atoms with Crippen molar-refractivity contribution in [1.29, 1.82) is 0 Å². The van der Waals surface area contributed by atoms with Crippen molar-refractivity contribution in [3.63, 3.8) is 0 Å². The summed E-state index contributed by atoms with van der Waals surface area (Å²) in [5.74, 6) is -4.56. The van der Waals surface area contributed by atoms with Crippen molar-refractivity contribution in [2.24, 2.45) is 17.6 Å². The molecule has 0 radical (unpaired) electrons. The molecule has 0 aliphatic carbocycles. The van der Waals surface area contributed by atoms with E-state index >= 15 is 0 Å². The highest BCUT2D eigenvalue weighted by Gasteiger charge is 2.42. The number of nitrogens with two attached hydrogens (primary N) is 1. The average Bonchev–Trinajstić information content (AvgIpc) is 2.24. The fraction of sp³-hybridized carbons (Fsp3) is 0.846. The summed E-state index contributed by atoms with van der Waals surface area (Å²) in [6, 6.07) is -0.682. The summed E-state index contributed by atoms with van der Waals surface area (Å²) in [6.07, 6.45) is 0.455. The highest BCUT2D eigenvalue weighted by molar-refractivity contribution is 5.87. The van der Waals surface area contributed by atoms with E-state index in [1.54, 1.807) is 0 Å². The summed E-state index contributed by atoms with van der Waals surface area (Å²) in [7, 11) is 0. The SMILES string of the molecule is CC(C)CC(C(N)=O)N1CCC(C(C)(F)F)CC1=O. The highest BCUT2D eigenvalue weighted by atomic mass is 19.3. The Morgan fingerprint density at radius 3 is 2.47 bits per heavy atom. The van der Waals surface area contributed by atoms with Crippen LogP contribution in [0.5, 0.6) is 0 Å². The van der Waals surface area contributed by atoms with E-state index in [0.717, 1.165) is 6.92 Å². The van der Waals surface area contributed by atoms with Gasteiger partial charge in [0.05, 0.1) is 0 Å². The van der Waals surface area contributed by atoms with Gasteiger partial charge in [0.1, 0.15) is 6.04 Å². The molecular formula is C13H22F2N2O2. The second-order valence-electron chi connectivity index (χ2n) is 5.78. The van der Waals surface area contributed by atoms with Gasteiger partial charge in [0.15, 0.2) is 0 Å². The van der Waals surface area contributed by atoms with E-state index < -0.39 is 29.7 Å². The van der Waals surface area contributed by atoms with Crippen molar-refractivity contribution in [3.05, 3.63) is 0 Å². The Kier molecular flexibility index (Phi) is 4.87. The van der Waals surface area contributed by atoms with Gasteiger partial charge in [0, 0.05) is 18.9 Å². The second-order valence-corrected chi connectivity index (χ2v) is 5.78. The lowest BCUT2D eigenvalue weighted by Gasteiger charge is -2.38. The number of likely N-dealkylation sites (tertiary alicyclic amines) is 1. The van der Waals surface area contributed by atoms with E-state index in [4.69, 9.17) is 5.73 Å². The maximum Gasteiger partial charge on any atom is 0.248 e. The standard InChI is InChI=1S/C13H22F2N2O2/c1-8(2)6-10(12(16)19)17-5-4-9(7-11(17)18)13(3,14)15/h8-10H,4-7H2,1-3H3,(H2,16,19). The summed E-state index contributed by atoms with van der Waals surface area (Å²) in [5.41, 5.74) is 5.32. The van der Waals surface area contributed by atoms with Crippen molar-refractivity contribution in [2.45, 2.75) is 52.0 Å². The lowest BCUT2D eigenvalue weighted by atomic mass is 9.89. The van der Waals surface area contributed by atoms with Crippen LogP contribution in [0.3, 0.4) is 0 Å². The lowest BCUT2D eigenvalue weighted by Crippen LogP contribution is -2.53. The van der Waals surface area contributed by atoms with Gasteiger partial charge in [0.25, 0.3) is 0 Å². The number of amides is 2. The third-order valence-corrected chi connectivity index (χ3v) is 3.58. The number of hydrogen-bond acceptors (Lipinski definition) is 2. The Morgan fingerprint density at radius 1 is 1.53 bits per heavy atom. The van der Waals surface area contributed by atoms with Gasteiger partial charge < -0.3 is 10.6 Å². The van der Waals surface area contributed by atoms with Crippen molar-refractivity contribution in [1.82, 2.24) is 4.90 Å². The van der Waals surface area contributed by atoms with Crippen LogP contribution >= 0.6 is 0 Å². The Bertz CT molecular complexity index is 353. The van der Waals surface area contributed by atoms with Gasteiger partial charge in [0.2, 0.25) is 17.7 Å². The van der Waals surface area contributed by atoms with Gasteiger partial charge in [-0.2, -0.15) is 0 Å². The fourth-order valence-corrected chi connectivity index (χ4v) is 2.46. The van der Waals surface area contributed by atoms with Crippen LogP contribution in [0.15, 0.2) is 0 Å². The van der Waals surface area contributed by atoms with Gasteiger partial charge in [-0.25, -0.2) is 8.78 Å². The Labute approximate surface area is 112 Å². The third kappa shape index (κ3) is 4.14. The van der Waals surface area contributed by atoms with E-state index in [-0.39, 0.29) is 25.3 Å². The number of carbonyl (C=O) groups is 2. The molecule has 2 atom stereocenters. The Morgan fingerprint density at radius 2 is 2.11 bits per heavy atom. The summed E-state index contributed by atoms with van der Waals surface area (Å²) in [5, 5.41) is 0. The molecule has 1 rings (SSSR count). The average molecular weight is 276 g/mol. The Balaban J connectivity index is 2.75. The number of nitrogens with zero attached hydrogens (tertiary/aromatic N) is 1. The maximum absolute atomic E-state index is 13.2. The molecule has 2 N–H and O–H groups in total. The summed E-state index contributed by atoms with van der Waals surface area (Å²) < 4.78 is 26.4. The smallest absolute Gasteiger partial charge is 0.248 e. The molecule has 0 aromatic heterocycles. The number of primary amides is 1. The first-order chi connectivity index (χ1) is 8.62. The molecule has 2 unspecified atom stereocenters. The first-order valence-corrected chi connectivity index (χ1v) is 6.59. The molecule has 0 aromatic rings. The van der Waals surface area contributed by atoms with E-state index in [1.165, 1.54) is 4.90 Å². The number of rotatable bonds is 5. The van der Waals surface area contributed by atoms with Crippen LogP contribution in [0.25, 0.3) is 0 Å². The third-order valence-electron chi connectivity index (χ3n) is 3.58. The van der Waals surface area contributed by atoms with E-state index in [9.17, 15) is 18.4 Å². The van der Waals surface area contributed by atoms with Crippen molar-refractivity contribution < 1.29 is 18.4 Å². The van der Waals surface area contributed by atoms with Crippen LogP contribution in [0.4, 0.5) is 8.78 Å². The van der Waals surface area contributed by atoms with E-state index in [1.807, 2.05) is 13.8 Å². The molecule has 0 spiro atoms. The summed E-state index contributed by atoms with van der Waals surface area (Å²) >= 11 is 0. The normalized spacial score (nSPS) is 22.7. The molecule has 0 bridgehead atoms.